The smallest absolute Gasteiger partial charge is 0.226 e. The molecule has 2 aromatic rings. The Labute approximate surface area is 206 Å². The summed E-state index contributed by atoms with van der Waals surface area (Å²) < 4.78 is 34.4. The summed E-state index contributed by atoms with van der Waals surface area (Å²) in [4.78, 5) is 15.8. The van der Waals surface area contributed by atoms with Gasteiger partial charge in [0.15, 0.2) is 29.0 Å². The lowest BCUT2D eigenvalue weighted by Gasteiger charge is -2.52. The van der Waals surface area contributed by atoms with Crippen molar-refractivity contribution in [3.63, 3.8) is 0 Å². The van der Waals surface area contributed by atoms with Crippen LogP contribution in [-0.2, 0) is 14.2 Å². The first-order valence-electron chi connectivity index (χ1n) is 12.1. The molecular formula is C24H27ClFN5O4. The molecule has 6 atom stereocenters. The number of allylic oxidation sites excluding steroid dienone is 4. The van der Waals surface area contributed by atoms with Crippen LogP contribution in [0.2, 0.25) is 5.28 Å². The highest BCUT2D eigenvalue weighted by Crippen LogP contribution is 2.57. The largest absolute Gasteiger partial charge is 0.394 e. The van der Waals surface area contributed by atoms with Gasteiger partial charge in [-0.15, -0.1) is 0 Å². The summed E-state index contributed by atoms with van der Waals surface area (Å²) >= 11 is 6.38. The highest BCUT2D eigenvalue weighted by Gasteiger charge is 2.57. The van der Waals surface area contributed by atoms with Crippen LogP contribution in [0, 0.1) is 17.3 Å². The maximum Gasteiger partial charge on any atom is 0.226 e. The second kappa shape index (κ2) is 7.45. The monoisotopic (exact) mass is 503 g/mol. The van der Waals surface area contributed by atoms with Crippen molar-refractivity contribution < 1.29 is 23.7 Å². The summed E-state index contributed by atoms with van der Waals surface area (Å²) in [7, 11) is 0. The number of anilines is 1. The first-order chi connectivity index (χ1) is 16.8. The second-order valence-corrected chi connectivity index (χ2v) is 11.1. The third-order valence-corrected chi connectivity index (χ3v) is 8.46. The number of aliphatic hydroxyl groups is 1. The Kier molecular flexibility index (Phi) is 4.71. The zero-order valence-electron chi connectivity index (χ0n) is 19.5. The van der Waals surface area contributed by atoms with Crippen LogP contribution in [-0.4, -0.2) is 68.4 Å². The van der Waals surface area contributed by atoms with Crippen molar-refractivity contribution in [1.82, 2.24) is 19.5 Å². The maximum absolute atomic E-state index is 14.4. The lowest BCUT2D eigenvalue weighted by Crippen LogP contribution is -2.59. The number of imidazole rings is 1. The molecule has 186 valence electrons. The van der Waals surface area contributed by atoms with Crippen molar-refractivity contribution in [3.8, 4) is 0 Å². The summed E-state index contributed by atoms with van der Waals surface area (Å²) in [5, 5.41) is 9.96. The maximum atomic E-state index is 14.4. The molecule has 4 unspecified atom stereocenters. The third kappa shape index (κ3) is 3.16. The molecule has 11 heteroatoms. The van der Waals surface area contributed by atoms with Gasteiger partial charge in [-0.3, -0.25) is 4.57 Å². The Morgan fingerprint density at radius 1 is 1.23 bits per heavy atom. The number of hydrogen-bond acceptors (Lipinski definition) is 8. The van der Waals surface area contributed by atoms with Gasteiger partial charge in [0.25, 0.3) is 0 Å². The van der Waals surface area contributed by atoms with Crippen molar-refractivity contribution in [2.75, 3.05) is 24.6 Å². The van der Waals surface area contributed by atoms with Crippen molar-refractivity contribution in [3.05, 3.63) is 35.7 Å². The Morgan fingerprint density at radius 2 is 2.03 bits per heavy atom. The molecule has 5 heterocycles. The fraction of sp³-hybridized carbons (Fsp3) is 0.625. The van der Waals surface area contributed by atoms with Crippen molar-refractivity contribution in [2.45, 2.75) is 57.0 Å². The van der Waals surface area contributed by atoms with Crippen LogP contribution < -0.4 is 4.90 Å². The molecule has 7 rings (SSSR count). The molecule has 1 spiro atoms. The minimum absolute atomic E-state index is 0.00335. The van der Waals surface area contributed by atoms with Crippen LogP contribution in [0.25, 0.3) is 11.2 Å². The molecule has 0 radical (unpaired) electrons. The molecule has 3 aliphatic heterocycles. The molecule has 3 saturated heterocycles. The Bertz CT molecular complexity index is 1260. The lowest BCUT2D eigenvalue weighted by atomic mass is 9.68. The van der Waals surface area contributed by atoms with Gasteiger partial charge in [-0.25, -0.2) is 9.37 Å². The van der Waals surface area contributed by atoms with Gasteiger partial charge in [0, 0.05) is 24.4 Å². The standard InChI is InChI=1S/C24H27ClFN5O4/c1-23(2)34-17-15(8-32)33-21(18(17)35-23)31-11-27-16-19(28-22(25)29-20(16)31)30-9-24(10-30)7-6-12-13(24)4-3-5-14(12)26/h3-5,11-13,15,17-18,21,32H,6-10H2,1-2H3/t12?,13?,15-,17?,18?,21-/m1/s1. The topological polar surface area (TPSA) is 94.8 Å². The van der Waals surface area contributed by atoms with Gasteiger partial charge in [-0.2, -0.15) is 9.97 Å². The minimum atomic E-state index is -0.785. The van der Waals surface area contributed by atoms with Crippen molar-refractivity contribution >= 4 is 28.6 Å². The van der Waals surface area contributed by atoms with E-state index in [0.29, 0.717) is 17.0 Å². The Balaban J connectivity index is 1.20. The van der Waals surface area contributed by atoms with E-state index in [0.717, 1.165) is 25.9 Å². The minimum Gasteiger partial charge on any atom is -0.394 e. The fourth-order valence-corrected chi connectivity index (χ4v) is 6.96. The molecule has 2 aromatic heterocycles. The quantitative estimate of drug-likeness (QED) is 0.638. The van der Waals surface area contributed by atoms with Gasteiger partial charge >= 0.3 is 0 Å². The number of hydrogen-bond donors (Lipinski definition) is 1. The molecule has 2 aliphatic carbocycles. The van der Waals surface area contributed by atoms with E-state index in [2.05, 4.69) is 25.9 Å². The van der Waals surface area contributed by atoms with Gasteiger partial charge in [0.1, 0.15) is 24.1 Å². The zero-order valence-corrected chi connectivity index (χ0v) is 20.2. The fourth-order valence-electron chi connectivity index (χ4n) is 6.80. The van der Waals surface area contributed by atoms with Crippen LogP contribution >= 0.6 is 11.6 Å². The number of nitrogens with zero attached hydrogens (tertiary/aromatic N) is 5. The number of ether oxygens (including phenoxy) is 3. The SMILES string of the molecule is CC1(C)OC2C(O1)[C@@H](CO)O[C@H]2n1cnc2c(N3CC4(CCC5C(F)=CC=CC54)C3)nc(Cl)nc21. The van der Waals surface area contributed by atoms with Crippen LogP contribution in [0.15, 0.2) is 30.4 Å². The van der Waals surface area contributed by atoms with Gasteiger partial charge in [-0.05, 0) is 50.3 Å². The molecule has 4 fully saturated rings. The third-order valence-electron chi connectivity index (χ3n) is 8.29. The molecule has 35 heavy (non-hydrogen) atoms. The molecule has 0 amide bonds. The zero-order chi connectivity index (χ0) is 24.1. The van der Waals surface area contributed by atoms with E-state index in [1.165, 1.54) is 0 Å². The molecule has 5 aliphatic rings. The summed E-state index contributed by atoms with van der Waals surface area (Å²) in [6.45, 7) is 5.03. The van der Waals surface area contributed by atoms with Crippen LogP contribution in [0.3, 0.4) is 0 Å². The predicted molar refractivity (Wildman–Crippen MR) is 124 cm³/mol. The summed E-state index contributed by atoms with van der Waals surface area (Å²) in [6, 6.07) is 0. The van der Waals surface area contributed by atoms with Gasteiger partial charge < -0.3 is 24.2 Å². The predicted octanol–water partition coefficient (Wildman–Crippen LogP) is 3.15. The molecule has 1 N–H and O–H groups in total. The van der Waals surface area contributed by atoms with Crippen molar-refractivity contribution in [2.24, 2.45) is 17.3 Å². The summed E-state index contributed by atoms with van der Waals surface area (Å²) in [6.07, 6.45) is 7.16. The van der Waals surface area contributed by atoms with E-state index in [1.54, 1.807) is 17.0 Å². The number of fused-ring (bicyclic) bond motifs is 4. The van der Waals surface area contributed by atoms with Gasteiger partial charge in [-0.1, -0.05) is 12.2 Å². The van der Waals surface area contributed by atoms with E-state index in [4.69, 9.17) is 25.8 Å². The first kappa shape index (κ1) is 22.1. The van der Waals surface area contributed by atoms with E-state index in [1.807, 2.05) is 19.9 Å². The highest BCUT2D eigenvalue weighted by atomic mass is 35.5. The molecule has 0 bridgehead atoms. The molecule has 1 saturated carbocycles. The summed E-state index contributed by atoms with van der Waals surface area (Å²) in [5.74, 6) is 0.0697. The van der Waals surface area contributed by atoms with E-state index < -0.39 is 30.3 Å². The lowest BCUT2D eigenvalue weighted by molar-refractivity contribution is -0.199. The van der Waals surface area contributed by atoms with Crippen LogP contribution in [0.4, 0.5) is 10.2 Å². The number of aromatic nitrogens is 4. The number of rotatable bonds is 3. The Hall–Kier alpha value is -2.11. The van der Waals surface area contributed by atoms with Crippen molar-refractivity contribution in [1.29, 1.82) is 0 Å². The summed E-state index contributed by atoms with van der Waals surface area (Å²) in [5.41, 5.74) is 1.19. The second-order valence-electron chi connectivity index (χ2n) is 10.8. The molecular weight excluding hydrogens is 477 g/mol. The van der Waals surface area contributed by atoms with Crippen LogP contribution in [0.5, 0.6) is 0 Å². The molecule has 0 aromatic carbocycles. The van der Waals surface area contributed by atoms with Gasteiger partial charge in [0.2, 0.25) is 5.28 Å². The highest BCUT2D eigenvalue weighted by molar-refractivity contribution is 6.28. The van der Waals surface area contributed by atoms with Crippen LogP contribution in [0.1, 0.15) is 32.9 Å². The average molecular weight is 504 g/mol. The average Bonchev–Trinajstić information content (AvgIpc) is 3.52. The Morgan fingerprint density at radius 3 is 2.83 bits per heavy atom. The number of halogens is 2. The normalized spacial score (nSPS) is 36.5. The number of aliphatic hydroxyl groups excluding tert-OH is 1. The van der Waals surface area contributed by atoms with E-state index in [-0.39, 0.29) is 35.0 Å². The van der Waals surface area contributed by atoms with E-state index >= 15 is 0 Å². The van der Waals surface area contributed by atoms with Gasteiger partial charge in [0.05, 0.1) is 12.9 Å². The first-order valence-corrected chi connectivity index (χ1v) is 12.5. The van der Waals surface area contributed by atoms with E-state index in [9.17, 15) is 9.50 Å². The molecule has 9 nitrogen and oxygen atoms in total.